The molecule has 5 rings (SSSR count). The van der Waals surface area contributed by atoms with Gasteiger partial charge in [0.05, 0.1) is 22.5 Å². The molecule has 0 fully saturated rings. The van der Waals surface area contributed by atoms with Crippen LogP contribution in [0.25, 0.3) is 0 Å². The Labute approximate surface area is 244 Å². The lowest BCUT2D eigenvalue weighted by atomic mass is 9.85. The molecule has 0 radical (unpaired) electrons. The molecule has 222 valence electrons. The minimum Gasteiger partial charge on any atom is -0.349 e. The first kappa shape index (κ1) is 30.0. The smallest absolute Gasteiger partial charge is 0.349 e. The Morgan fingerprint density at radius 1 is 1.00 bits per heavy atom. The first-order chi connectivity index (χ1) is 20.1. The number of carbonyl (C=O) groups excluding carboxylic acids is 1. The molecule has 42 heavy (non-hydrogen) atoms. The average molecular weight is 598 g/mol. The molecule has 3 aromatic rings. The van der Waals surface area contributed by atoms with Crippen molar-refractivity contribution in [3.8, 4) is 0 Å². The predicted molar refractivity (Wildman–Crippen MR) is 155 cm³/mol. The molecule has 0 bridgehead atoms. The van der Waals surface area contributed by atoms with Crippen LogP contribution in [-0.4, -0.2) is 26.9 Å². The molecule has 1 amide bonds. The number of hydrogen-bond donors (Lipinski definition) is 3. The largest absolute Gasteiger partial charge is 0.416 e. The third-order valence-electron chi connectivity index (χ3n) is 7.81. The first-order valence-electron chi connectivity index (χ1n) is 14.1. The number of fused-ring (bicyclic) bond motifs is 1. The minimum absolute atomic E-state index is 0.206. The Morgan fingerprint density at radius 2 is 1.81 bits per heavy atom. The van der Waals surface area contributed by atoms with Gasteiger partial charge in [-0.15, -0.1) is 0 Å². The van der Waals surface area contributed by atoms with Crippen molar-refractivity contribution in [3.05, 3.63) is 113 Å². The molecule has 1 aliphatic heterocycles. The van der Waals surface area contributed by atoms with Gasteiger partial charge in [0.25, 0.3) is 0 Å². The van der Waals surface area contributed by atoms with E-state index in [4.69, 9.17) is 0 Å². The van der Waals surface area contributed by atoms with Crippen LogP contribution < -0.4 is 15.4 Å². The van der Waals surface area contributed by atoms with Gasteiger partial charge >= 0.3 is 6.18 Å². The van der Waals surface area contributed by atoms with Crippen LogP contribution in [0.15, 0.2) is 89.8 Å². The number of nitrogens with one attached hydrogen (secondary N) is 3. The van der Waals surface area contributed by atoms with Crippen molar-refractivity contribution in [1.29, 1.82) is 0 Å². The monoisotopic (exact) mass is 597 g/mol. The quantitative estimate of drug-likeness (QED) is 0.274. The highest BCUT2D eigenvalue weighted by Gasteiger charge is 2.33. The van der Waals surface area contributed by atoms with E-state index >= 15 is 0 Å². The van der Waals surface area contributed by atoms with Crippen molar-refractivity contribution >= 4 is 15.9 Å². The number of alkyl halides is 3. The van der Waals surface area contributed by atoms with E-state index in [1.165, 1.54) is 11.1 Å². The molecule has 10 heteroatoms. The molecule has 3 aromatic carbocycles. The van der Waals surface area contributed by atoms with Gasteiger partial charge in [0.15, 0.2) is 0 Å². The molecule has 3 N–H and O–H groups in total. The summed E-state index contributed by atoms with van der Waals surface area (Å²) < 4.78 is 68.6. The normalized spacial score (nSPS) is 19.6. The number of carbonyl (C=O) groups is 1. The Hall–Kier alpha value is -3.47. The predicted octanol–water partition coefficient (Wildman–Crippen LogP) is 5.77. The van der Waals surface area contributed by atoms with Crippen LogP contribution in [0.1, 0.15) is 65.6 Å². The van der Waals surface area contributed by atoms with Gasteiger partial charge in [0.2, 0.25) is 15.9 Å². The minimum atomic E-state index is -4.69. The molecule has 2 aliphatic rings. The Morgan fingerprint density at radius 3 is 2.55 bits per heavy atom. The Kier molecular flexibility index (Phi) is 9.15. The van der Waals surface area contributed by atoms with Gasteiger partial charge in [0, 0.05) is 19.0 Å². The molecule has 0 saturated heterocycles. The van der Waals surface area contributed by atoms with Crippen LogP contribution in [-0.2, 0) is 33.8 Å². The molecule has 1 aliphatic carbocycles. The van der Waals surface area contributed by atoms with E-state index < -0.39 is 32.7 Å². The van der Waals surface area contributed by atoms with E-state index in [1.54, 1.807) is 30.3 Å². The van der Waals surface area contributed by atoms with Crippen LogP contribution in [0.4, 0.5) is 13.2 Å². The summed E-state index contributed by atoms with van der Waals surface area (Å²) in [5.74, 6) is -0.351. The number of rotatable bonds is 9. The summed E-state index contributed by atoms with van der Waals surface area (Å²) in [6.07, 6.45) is 3.96. The van der Waals surface area contributed by atoms with Crippen molar-refractivity contribution in [1.82, 2.24) is 15.4 Å². The highest BCUT2D eigenvalue weighted by atomic mass is 32.2. The number of aryl methyl sites for hydroxylation is 1. The number of halogens is 3. The molecule has 1 heterocycles. The van der Waals surface area contributed by atoms with Crippen LogP contribution >= 0.6 is 0 Å². The van der Waals surface area contributed by atoms with Crippen molar-refractivity contribution < 1.29 is 26.4 Å². The fourth-order valence-electron chi connectivity index (χ4n) is 5.69. The highest BCUT2D eigenvalue weighted by Crippen LogP contribution is 2.33. The first-order valence-corrected chi connectivity index (χ1v) is 15.6. The molecule has 0 spiro atoms. The van der Waals surface area contributed by atoms with E-state index in [-0.39, 0.29) is 18.4 Å². The van der Waals surface area contributed by atoms with E-state index in [0.717, 1.165) is 62.4 Å². The molecule has 1 unspecified atom stereocenters. The van der Waals surface area contributed by atoms with E-state index in [9.17, 15) is 26.4 Å². The second-order valence-electron chi connectivity index (χ2n) is 10.9. The molecule has 6 nitrogen and oxygen atoms in total. The fourth-order valence-corrected chi connectivity index (χ4v) is 6.96. The zero-order valence-electron chi connectivity index (χ0n) is 23.0. The maximum atomic E-state index is 13.3. The average Bonchev–Trinajstić information content (AvgIpc) is 2.97. The summed E-state index contributed by atoms with van der Waals surface area (Å²) in [5, 5.41) is 6.59. The summed E-state index contributed by atoms with van der Waals surface area (Å²) in [7, 11) is -4.37. The van der Waals surface area contributed by atoms with Crippen molar-refractivity contribution in [2.75, 3.05) is 6.54 Å². The zero-order valence-corrected chi connectivity index (χ0v) is 23.8. The van der Waals surface area contributed by atoms with Gasteiger partial charge in [-0.2, -0.15) is 13.2 Å². The SMILES string of the molecule is O=C(C[C@@H](NS(=O)(=O)c1cccc(C(F)(F)F)c1)c1ccccc1)N[C@@H]1CCCc2cc(CC3CC=CCN3)ccc21. The van der Waals surface area contributed by atoms with Crippen LogP contribution in [0.3, 0.4) is 0 Å². The zero-order chi connectivity index (χ0) is 29.7. The second kappa shape index (κ2) is 12.8. The third kappa shape index (κ3) is 7.48. The number of benzene rings is 3. The summed E-state index contributed by atoms with van der Waals surface area (Å²) in [4.78, 5) is 12.8. The Balaban J connectivity index is 1.30. The molecule has 0 aromatic heterocycles. The van der Waals surface area contributed by atoms with E-state index in [2.05, 4.69) is 45.7 Å². The van der Waals surface area contributed by atoms with Gasteiger partial charge in [-0.3, -0.25) is 4.79 Å². The lowest BCUT2D eigenvalue weighted by molar-refractivity contribution is -0.137. The topological polar surface area (TPSA) is 87.3 Å². The fraction of sp³-hybridized carbons (Fsp3) is 0.344. The van der Waals surface area contributed by atoms with E-state index in [1.807, 2.05) is 0 Å². The summed E-state index contributed by atoms with van der Waals surface area (Å²) in [5.41, 5.74) is 2.99. The lowest BCUT2D eigenvalue weighted by Gasteiger charge is -2.28. The van der Waals surface area contributed by atoms with Crippen LogP contribution in [0.2, 0.25) is 0 Å². The van der Waals surface area contributed by atoms with Gasteiger partial charge in [-0.05, 0) is 72.6 Å². The van der Waals surface area contributed by atoms with Crippen LogP contribution in [0.5, 0.6) is 0 Å². The van der Waals surface area contributed by atoms with Crippen molar-refractivity contribution in [2.24, 2.45) is 0 Å². The molecule has 0 saturated carbocycles. The van der Waals surface area contributed by atoms with Crippen LogP contribution in [0, 0.1) is 0 Å². The lowest BCUT2D eigenvalue weighted by Crippen LogP contribution is -2.36. The Bertz CT molecular complexity index is 1540. The van der Waals surface area contributed by atoms with Gasteiger partial charge in [0.1, 0.15) is 0 Å². The van der Waals surface area contributed by atoms with Crippen molar-refractivity contribution in [2.45, 2.75) is 67.7 Å². The molecular weight excluding hydrogens is 563 g/mol. The number of hydrogen-bond acceptors (Lipinski definition) is 4. The van der Waals surface area contributed by atoms with Crippen molar-refractivity contribution in [3.63, 3.8) is 0 Å². The maximum Gasteiger partial charge on any atom is 0.416 e. The number of sulfonamides is 1. The highest BCUT2D eigenvalue weighted by molar-refractivity contribution is 7.89. The van der Waals surface area contributed by atoms with Gasteiger partial charge < -0.3 is 10.6 Å². The summed E-state index contributed by atoms with van der Waals surface area (Å²) in [6.45, 7) is 0.879. The third-order valence-corrected chi connectivity index (χ3v) is 9.28. The van der Waals surface area contributed by atoms with Gasteiger partial charge in [-0.25, -0.2) is 13.1 Å². The second-order valence-corrected chi connectivity index (χ2v) is 12.6. The molecule has 3 atom stereocenters. The summed E-state index contributed by atoms with van der Waals surface area (Å²) >= 11 is 0. The summed E-state index contributed by atoms with van der Waals surface area (Å²) in [6, 6.07) is 17.8. The van der Waals surface area contributed by atoms with Gasteiger partial charge in [-0.1, -0.05) is 66.7 Å². The number of amides is 1. The van der Waals surface area contributed by atoms with E-state index in [0.29, 0.717) is 17.7 Å². The molecular formula is C32H34F3N3O3S. The standard InChI is InChI=1S/C32H34F3N3O3S/c33-32(34,35)25-11-7-13-27(20-25)42(40,41)38-30(23-8-2-1-3-9-23)21-31(39)37-29-14-6-10-24-18-22(15-16-28(24)29)19-26-12-4-5-17-36-26/h1-5,7-9,11,13,15-16,18,20,26,29-30,36,38H,6,10,12,14,17,19,21H2,(H,37,39)/t26?,29-,30-/m1/s1. The maximum absolute atomic E-state index is 13.3.